The molecule has 0 aliphatic carbocycles. The van der Waals surface area contributed by atoms with Gasteiger partial charge in [-0.15, -0.1) is 11.3 Å². The van der Waals surface area contributed by atoms with Crippen LogP contribution in [0.1, 0.15) is 45.4 Å². The molecule has 5 heteroatoms. The second-order valence-corrected chi connectivity index (χ2v) is 7.52. The second kappa shape index (κ2) is 5.79. The fourth-order valence-corrected chi connectivity index (χ4v) is 3.56. The highest BCUT2D eigenvalue weighted by molar-refractivity contribution is 7.10. The predicted octanol–water partition coefficient (Wildman–Crippen LogP) is 2.54. The van der Waals surface area contributed by atoms with Crippen molar-refractivity contribution in [3.05, 3.63) is 22.4 Å². The van der Waals surface area contributed by atoms with Crippen LogP contribution in [0.2, 0.25) is 0 Å². The van der Waals surface area contributed by atoms with Crippen molar-refractivity contribution >= 4 is 23.2 Å². The van der Waals surface area contributed by atoms with Crippen LogP contribution < -0.4 is 5.32 Å². The Balaban J connectivity index is 2.22. The molecule has 0 saturated carbocycles. The Kier molecular flexibility index (Phi) is 4.42. The number of nitrogens with one attached hydrogen (secondary N) is 1. The van der Waals surface area contributed by atoms with E-state index in [-0.39, 0.29) is 17.2 Å². The zero-order chi connectivity index (χ0) is 15.7. The summed E-state index contributed by atoms with van der Waals surface area (Å²) in [6.45, 7) is 9.19. The van der Waals surface area contributed by atoms with E-state index >= 15 is 0 Å². The molecular formula is C16H24N2O2S. The zero-order valence-corrected chi connectivity index (χ0v) is 14.0. The van der Waals surface area contributed by atoms with Crippen LogP contribution in [0.15, 0.2) is 17.5 Å². The summed E-state index contributed by atoms with van der Waals surface area (Å²) in [4.78, 5) is 27.8. The van der Waals surface area contributed by atoms with Crippen molar-refractivity contribution in [2.75, 3.05) is 13.1 Å². The SMILES string of the molecule is CCC1(C)NC(=O)CCN(CC(C)(C)c2cccs2)C1=O. The summed E-state index contributed by atoms with van der Waals surface area (Å²) in [5.41, 5.74) is -0.884. The molecule has 2 rings (SSSR count). The van der Waals surface area contributed by atoms with Gasteiger partial charge in [-0.05, 0) is 24.8 Å². The van der Waals surface area contributed by atoms with E-state index in [0.717, 1.165) is 0 Å². The van der Waals surface area contributed by atoms with E-state index in [1.165, 1.54) is 4.88 Å². The third kappa shape index (κ3) is 3.28. The molecule has 1 aliphatic rings. The van der Waals surface area contributed by atoms with Gasteiger partial charge < -0.3 is 10.2 Å². The molecule has 4 nitrogen and oxygen atoms in total. The number of nitrogens with zero attached hydrogens (tertiary/aromatic N) is 1. The predicted molar refractivity (Wildman–Crippen MR) is 85.4 cm³/mol. The minimum absolute atomic E-state index is 0.0282. The summed E-state index contributed by atoms with van der Waals surface area (Å²) in [5, 5.41) is 4.94. The molecule has 21 heavy (non-hydrogen) atoms. The van der Waals surface area contributed by atoms with Crippen molar-refractivity contribution in [2.45, 2.75) is 51.5 Å². The number of carbonyl (C=O) groups excluding carboxylic acids is 2. The summed E-state index contributed by atoms with van der Waals surface area (Å²) in [7, 11) is 0. The molecule has 1 saturated heterocycles. The molecule has 1 atom stereocenters. The minimum atomic E-state index is -0.779. The molecule has 0 aromatic carbocycles. The lowest BCUT2D eigenvalue weighted by molar-refractivity contribution is -0.138. The van der Waals surface area contributed by atoms with Gasteiger partial charge in [0.2, 0.25) is 11.8 Å². The molecule has 116 valence electrons. The second-order valence-electron chi connectivity index (χ2n) is 6.57. The fourth-order valence-electron chi connectivity index (χ4n) is 2.72. The molecule has 0 spiro atoms. The monoisotopic (exact) mass is 308 g/mol. The van der Waals surface area contributed by atoms with E-state index in [1.807, 2.05) is 24.8 Å². The van der Waals surface area contributed by atoms with Gasteiger partial charge in [-0.25, -0.2) is 0 Å². The van der Waals surface area contributed by atoms with Gasteiger partial charge in [0.1, 0.15) is 5.54 Å². The van der Waals surface area contributed by atoms with Crippen molar-refractivity contribution in [1.82, 2.24) is 10.2 Å². The molecular weight excluding hydrogens is 284 g/mol. The van der Waals surface area contributed by atoms with Crippen LogP contribution in [-0.2, 0) is 15.0 Å². The molecule has 0 bridgehead atoms. The quantitative estimate of drug-likeness (QED) is 0.929. The van der Waals surface area contributed by atoms with E-state index in [0.29, 0.717) is 25.9 Å². The number of carbonyl (C=O) groups is 2. The van der Waals surface area contributed by atoms with Crippen LogP contribution in [0.4, 0.5) is 0 Å². The highest BCUT2D eigenvalue weighted by Gasteiger charge is 2.40. The van der Waals surface area contributed by atoms with Crippen molar-refractivity contribution < 1.29 is 9.59 Å². The molecule has 1 aromatic rings. The van der Waals surface area contributed by atoms with Gasteiger partial charge in [0, 0.05) is 29.8 Å². The van der Waals surface area contributed by atoms with Crippen LogP contribution in [0.25, 0.3) is 0 Å². The summed E-state index contributed by atoms with van der Waals surface area (Å²) >= 11 is 1.71. The van der Waals surface area contributed by atoms with Crippen molar-refractivity contribution in [3.8, 4) is 0 Å². The Morgan fingerprint density at radius 3 is 2.71 bits per heavy atom. The molecule has 0 radical (unpaired) electrons. The Labute approximate surface area is 130 Å². The van der Waals surface area contributed by atoms with Crippen molar-refractivity contribution in [1.29, 1.82) is 0 Å². The van der Waals surface area contributed by atoms with Crippen molar-refractivity contribution in [3.63, 3.8) is 0 Å². The molecule has 2 heterocycles. The maximum atomic E-state index is 12.8. The van der Waals surface area contributed by atoms with Crippen LogP contribution in [0.5, 0.6) is 0 Å². The summed E-state index contributed by atoms with van der Waals surface area (Å²) < 4.78 is 0. The van der Waals surface area contributed by atoms with E-state index in [4.69, 9.17) is 0 Å². The molecule has 1 aliphatic heterocycles. The Bertz CT molecular complexity index is 524. The van der Waals surface area contributed by atoms with Crippen LogP contribution >= 0.6 is 11.3 Å². The van der Waals surface area contributed by atoms with E-state index in [2.05, 4.69) is 30.6 Å². The zero-order valence-electron chi connectivity index (χ0n) is 13.2. The number of hydrogen-bond donors (Lipinski definition) is 1. The fraction of sp³-hybridized carbons (Fsp3) is 0.625. The summed E-state index contributed by atoms with van der Waals surface area (Å²) in [6.07, 6.45) is 0.982. The number of hydrogen-bond acceptors (Lipinski definition) is 3. The van der Waals surface area contributed by atoms with Gasteiger partial charge in [-0.1, -0.05) is 26.8 Å². The number of amides is 2. The Morgan fingerprint density at radius 1 is 1.43 bits per heavy atom. The van der Waals surface area contributed by atoms with Gasteiger partial charge in [-0.3, -0.25) is 9.59 Å². The largest absolute Gasteiger partial charge is 0.342 e. The summed E-state index contributed by atoms with van der Waals surface area (Å²) in [6, 6.07) is 4.14. The third-order valence-electron chi connectivity index (χ3n) is 4.26. The third-order valence-corrected chi connectivity index (χ3v) is 5.50. The topological polar surface area (TPSA) is 49.4 Å². The van der Waals surface area contributed by atoms with Crippen LogP contribution in [-0.4, -0.2) is 35.3 Å². The van der Waals surface area contributed by atoms with Crippen LogP contribution in [0.3, 0.4) is 0 Å². The Morgan fingerprint density at radius 2 is 2.14 bits per heavy atom. The maximum absolute atomic E-state index is 12.8. The highest BCUT2D eigenvalue weighted by atomic mass is 32.1. The molecule has 1 unspecified atom stereocenters. The van der Waals surface area contributed by atoms with Crippen LogP contribution in [0, 0.1) is 0 Å². The lowest BCUT2D eigenvalue weighted by atomic mass is 9.89. The average molecular weight is 308 g/mol. The average Bonchev–Trinajstić information content (AvgIpc) is 2.94. The molecule has 1 N–H and O–H groups in total. The molecule has 1 fully saturated rings. The lowest BCUT2D eigenvalue weighted by Crippen LogP contribution is -2.56. The first-order valence-electron chi connectivity index (χ1n) is 7.43. The highest BCUT2D eigenvalue weighted by Crippen LogP contribution is 2.30. The standard InChI is InChI=1S/C16H24N2O2S/c1-5-16(4)14(20)18(9-8-13(19)17-16)11-15(2,3)12-7-6-10-21-12/h6-7,10H,5,8-9,11H2,1-4H3,(H,17,19). The first-order chi connectivity index (χ1) is 9.78. The van der Waals surface area contributed by atoms with Gasteiger partial charge in [0.25, 0.3) is 0 Å². The smallest absolute Gasteiger partial charge is 0.248 e. The Hall–Kier alpha value is -1.36. The van der Waals surface area contributed by atoms with E-state index < -0.39 is 5.54 Å². The maximum Gasteiger partial charge on any atom is 0.248 e. The number of thiophene rings is 1. The van der Waals surface area contributed by atoms with Gasteiger partial charge in [0.05, 0.1) is 0 Å². The van der Waals surface area contributed by atoms with Crippen molar-refractivity contribution in [2.24, 2.45) is 0 Å². The van der Waals surface area contributed by atoms with E-state index in [1.54, 1.807) is 11.3 Å². The molecule has 1 aromatic heterocycles. The lowest BCUT2D eigenvalue weighted by Gasteiger charge is -2.36. The minimum Gasteiger partial charge on any atom is -0.342 e. The van der Waals surface area contributed by atoms with Gasteiger partial charge in [-0.2, -0.15) is 0 Å². The first-order valence-corrected chi connectivity index (χ1v) is 8.31. The van der Waals surface area contributed by atoms with E-state index in [9.17, 15) is 9.59 Å². The van der Waals surface area contributed by atoms with Gasteiger partial charge in [0.15, 0.2) is 0 Å². The van der Waals surface area contributed by atoms with Gasteiger partial charge >= 0.3 is 0 Å². The number of rotatable bonds is 4. The summed E-state index contributed by atoms with van der Waals surface area (Å²) in [5.74, 6) is -0.00962. The molecule has 2 amide bonds. The first kappa shape index (κ1) is 16.0. The normalized spacial score (nSPS) is 23.9.